The fourth-order valence-corrected chi connectivity index (χ4v) is 4.44. The summed E-state index contributed by atoms with van der Waals surface area (Å²) in [5, 5.41) is 8.80. The van der Waals surface area contributed by atoms with Gasteiger partial charge in [-0.1, -0.05) is 83.1 Å². The minimum Gasteiger partial charge on any atom is -0.155 e. The Labute approximate surface area is 165 Å². The molecule has 0 spiro atoms. The van der Waals surface area contributed by atoms with Crippen molar-refractivity contribution in [2.45, 2.75) is 84.5 Å². The number of hydrogen-bond donors (Lipinski definition) is 0. The Balaban J connectivity index is 1.47. The average molecular weight is 365 g/mol. The van der Waals surface area contributed by atoms with E-state index in [1.54, 1.807) is 0 Å². The van der Waals surface area contributed by atoms with Crippen molar-refractivity contribution in [2.75, 3.05) is 0 Å². The predicted octanol–water partition coefficient (Wildman–Crippen LogP) is 7.03. The Kier molecular flexibility index (Phi) is 7.86. The summed E-state index contributed by atoms with van der Waals surface area (Å²) in [7, 11) is 0. The summed E-state index contributed by atoms with van der Waals surface area (Å²) in [6, 6.07) is 13.2. The Hall–Kier alpha value is -1.70. The van der Waals surface area contributed by atoms with Crippen LogP contribution in [0, 0.1) is 11.8 Å². The van der Waals surface area contributed by atoms with E-state index in [1.165, 1.54) is 75.3 Å². The van der Waals surface area contributed by atoms with Gasteiger partial charge in [-0.3, -0.25) is 0 Å². The molecule has 146 valence electrons. The third kappa shape index (κ3) is 6.16. The molecule has 0 N–H and O–H groups in total. The lowest BCUT2D eigenvalue weighted by molar-refractivity contribution is 0.252. The Morgan fingerprint density at radius 3 is 2.04 bits per heavy atom. The first kappa shape index (κ1) is 20.0. The highest BCUT2D eigenvalue weighted by molar-refractivity contribution is 5.58. The molecular weight excluding hydrogens is 328 g/mol. The molecule has 0 bridgehead atoms. The van der Waals surface area contributed by atoms with Crippen LogP contribution in [0.4, 0.5) is 0 Å². The molecule has 1 fully saturated rings. The van der Waals surface area contributed by atoms with Crippen molar-refractivity contribution < 1.29 is 0 Å². The first-order chi connectivity index (χ1) is 13.3. The molecule has 2 aromatic rings. The molecule has 1 heterocycles. The molecule has 0 amide bonds. The SMILES string of the molecule is CCCCc1ccc(-c2ccc(CCC3CCC(CCC)CC3)cc2)nn1. The third-order valence-electron chi connectivity index (χ3n) is 6.26. The van der Waals surface area contributed by atoms with Crippen LogP contribution in [-0.2, 0) is 12.8 Å². The highest BCUT2D eigenvalue weighted by Gasteiger charge is 2.20. The molecule has 1 aliphatic carbocycles. The topological polar surface area (TPSA) is 25.8 Å². The minimum atomic E-state index is 0.944. The molecule has 0 saturated heterocycles. The highest BCUT2D eigenvalue weighted by atomic mass is 15.1. The maximum absolute atomic E-state index is 4.42. The minimum absolute atomic E-state index is 0.944. The van der Waals surface area contributed by atoms with Crippen LogP contribution < -0.4 is 0 Å². The number of unbranched alkanes of at least 4 members (excludes halogenated alkanes) is 1. The van der Waals surface area contributed by atoms with Gasteiger partial charge >= 0.3 is 0 Å². The van der Waals surface area contributed by atoms with Gasteiger partial charge < -0.3 is 0 Å². The zero-order valence-electron chi connectivity index (χ0n) is 17.3. The summed E-state index contributed by atoms with van der Waals surface area (Å²) < 4.78 is 0. The van der Waals surface area contributed by atoms with Gasteiger partial charge in [-0.15, -0.1) is 0 Å². The van der Waals surface area contributed by atoms with E-state index in [-0.39, 0.29) is 0 Å². The van der Waals surface area contributed by atoms with E-state index < -0.39 is 0 Å². The number of aryl methyl sites for hydroxylation is 2. The summed E-state index contributed by atoms with van der Waals surface area (Å²) in [5.41, 5.74) is 4.72. The third-order valence-corrected chi connectivity index (χ3v) is 6.26. The van der Waals surface area contributed by atoms with Gasteiger partial charge in [0, 0.05) is 5.56 Å². The maximum Gasteiger partial charge on any atom is 0.0929 e. The van der Waals surface area contributed by atoms with E-state index in [0.717, 1.165) is 29.6 Å². The van der Waals surface area contributed by atoms with E-state index in [0.29, 0.717) is 0 Å². The Morgan fingerprint density at radius 1 is 0.741 bits per heavy atom. The monoisotopic (exact) mass is 364 g/mol. The molecule has 1 saturated carbocycles. The standard InChI is InChI=1S/C25H36N2/c1-3-5-7-24-18-19-25(27-26-24)23-16-14-22(15-17-23)13-12-21-10-8-20(6-4-2)9-11-21/h14-21H,3-13H2,1-2H3. The number of nitrogens with zero attached hydrogens (tertiary/aromatic N) is 2. The lowest BCUT2D eigenvalue weighted by atomic mass is 9.78. The lowest BCUT2D eigenvalue weighted by Crippen LogP contribution is -2.15. The van der Waals surface area contributed by atoms with Crippen LogP contribution in [0.25, 0.3) is 11.3 Å². The van der Waals surface area contributed by atoms with Crippen molar-refractivity contribution in [1.29, 1.82) is 0 Å². The van der Waals surface area contributed by atoms with E-state index in [9.17, 15) is 0 Å². The fraction of sp³-hybridized carbons (Fsp3) is 0.600. The van der Waals surface area contributed by atoms with Crippen LogP contribution >= 0.6 is 0 Å². The number of benzene rings is 1. The second-order valence-electron chi connectivity index (χ2n) is 8.42. The van der Waals surface area contributed by atoms with Crippen molar-refractivity contribution in [3.8, 4) is 11.3 Å². The fourth-order valence-electron chi connectivity index (χ4n) is 4.44. The van der Waals surface area contributed by atoms with Gasteiger partial charge in [0.25, 0.3) is 0 Å². The molecule has 27 heavy (non-hydrogen) atoms. The zero-order valence-corrected chi connectivity index (χ0v) is 17.3. The van der Waals surface area contributed by atoms with Gasteiger partial charge in [0.15, 0.2) is 0 Å². The van der Waals surface area contributed by atoms with Crippen molar-refractivity contribution in [2.24, 2.45) is 11.8 Å². The van der Waals surface area contributed by atoms with Gasteiger partial charge in [-0.05, 0) is 55.2 Å². The van der Waals surface area contributed by atoms with Gasteiger partial charge in [-0.25, -0.2) is 0 Å². The predicted molar refractivity (Wildman–Crippen MR) is 115 cm³/mol. The van der Waals surface area contributed by atoms with Crippen molar-refractivity contribution in [3.63, 3.8) is 0 Å². The molecule has 0 aliphatic heterocycles. The van der Waals surface area contributed by atoms with Crippen LogP contribution in [0.1, 0.15) is 82.9 Å². The second-order valence-corrected chi connectivity index (χ2v) is 8.42. The first-order valence-electron chi connectivity index (χ1n) is 11.2. The quantitative estimate of drug-likeness (QED) is 0.477. The summed E-state index contributed by atoms with van der Waals surface area (Å²) in [6.45, 7) is 4.53. The van der Waals surface area contributed by atoms with E-state index >= 15 is 0 Å². The van der Waals surface area contributed by atoms with Gasteiger partial charge in [0.2, 0.25) is 0 Å². The van der Waals surface area contributed by atoms with Gasteiger partial charge in [0.1, 0.15) is 0 Å². The second kappa shape index (κ2) is 10.6. The number of rotatable bonds is 9. The lowest BCUT2D eigenvalue weighted by Gasteiger charge is -2.28. The maximum atomic E-state index is 4.42. The van der Waals surface area contributed by atoms with E-state index in [4.69, 9.17) is 0 Å². The van der Waals surface area contributed by atoms with Crippen LogP contribution in [0.15, 0.2) is 36.4 Å². The van der Waals surface area contributed by atoms with Crippen LogP contribution in [0.3, 0.4) is 0 Å². The summed E-state index contributed by atoms with van der Waals surface area (Å²) in [4.78, 5) is 0. The van der Waals surface area contributed by atoms with Gasteiger partial charge in [0.05, 0.1) is 11.4 Å². The Morgan fingerprint density at radius 2 is 1.44 bits per heavy atom. The number of hydrogen-bond acceptors (Lipinski definition) is 2. The van der Waals surface area contributed by atoms with Crippen LogP contribution in [0.5, 0.6) is 0 Å². The van der Waals surface area contributed by atoms with E-state index in [1.807, 2.05) is 0 Å². The molecule has 3 rings (SSSR count). The molecule has 2 heteroatoms. The smallest absolute Gasteiger partial charge is 0.0929 e. The van der Waals surface area contributed by atoms with E-state index in [2.05, 4.69) is 60.4 Å². The molecule has 0 radical (unpaired) electrons. The van der Waals surface area contributed by atoms with Crippen molar-refractivity contribution in [3.05, 3.63) is 47.7 Å². The van der Waals surface area contributed by atoms with Crippen molar-refractivity contribution >= 4 is 0 Å². The molecular formula is C25H36N2. The first-order valence-corrected chi connectivity index (χ1v) is 11.2. The Bertz CT molecular complexity index is 652. The highest BCUT2D eigenvalue weighted by Crippen LogP contribution is 2.33. The molecule has 0 atom stereocenters. The molecule has 1 aromatic heterocycles. The molecule has 0 unspecified atom stereocenters. The average Bonchev–Trinajstić information content (AvgIpc) is 2.73. The van der Waals surface area contributed by atoms with Crippen LogP contribution in [-0.4, -0.2) is 10.2 Å². The molecule has 1 aliphatic rings. The normalized spacial score (nSPS) is 19.9. The molecule has 2 nitrogen and oxygen atoms in total. The molecule has 1 aromatic carbocycles. The number of aromatic nitrogens is 2. The summed E-state index contributed by atoms with van der Waals surface area (Å²) >= 11 is 0. The summed E-state index contributed by atoms with van der Waals surface area (Å²) in [5.74, 6) is 1.96. The van der Waals surface area contributed by atoms with Crippen molar-refractivity contribution in [1.82, 2.24) is 10.2 Å². The van der Waals surface area contributed by atoms with Crippen LogP contribution in [0.2, 0.25) is 0 Å². The largest absolute Gasteiger partial charge is 0.155 e. The van der Waals surface area contributed by atoms with Gasteiger partial charge in [-0.2, -0.15) is 10.2 Å². The zero-order chi connectivity index (χ0) is 18.9. The summed E-state index contributed by atoms with van der Waals surface area (Å²) in [6.07, 6.45) is 14.6.